The summed E-state index contributed by atoms with van der Waals surface area (Å²) in [6.07, 6.45) is 15.2. The third-order valence-electron chi connectivity index (χ3n) is 5.53. The van der Waals surface area contributed by atoms with E-state index in [1.54, 1.807) is 16.9 Å². The minimum atomic E-state index is -2.31. The molecule has 0 aliphatic rings. The molecule has 0 unspecified atom stereocenters. The quantitative estimate of drug-likeness (QED) is 0.0965. The van der Waals surface area contributed by atoms with Crippen molar-refractivity contribution in [3.05, 3.63) is 7.17 Å². The predicted octanol–water partition coefficient (Wildman–Crippen LogP) is 8.68. The third-order valence-corrected chi connectivity index (χ3v) is 24.3. The Balaban J connectivity index is 5.51. The average Bonchev–Trinajstić information content (AvgIpc) is 2.63. The Kier molecular flexibility index (Phi) is 18.2. The maximum atomic E-state index is 5.79. The first-order valence-electron chi connectivity index (χ1n) is 11.0. The molecule has 0 aromatic heterocycles. The van der Waals surface area contributed by atoms with Gasteiger partial charge < -0.3 is 0 Å². The number of ether oxygens (including phenoxy) is 1. The van der Waals surface area contributed by atoms with Crippen LogP contribution in [0.25, 0.3) is 0 Å². The molecule has 0 rings (SSSR count). The molecule has 0 atom stereocenters. The van der Waals surface area contributed by atoms with Gasteiger partial charge in [0.25, 0.3) is 0 Å². The Morgan fingerprint density at radius 1 is 0.720 bits per heavy atom. The average molecular weight is 571 g/mol. The van der Waals surface area contributed by atoms with Gasteiger partial charge in [-0.2, -0.15) is 0 Å². The second-order valence-corrected chi connectivity index (χ2v) is 22.3. The van der Waals surface area contributed by atoms with Crippen LogP contribution in [0.3, 0.4) is 0 Å². The van der Waals surface area contributed by atoms with E-state index in [9.17, 15) is 0 Å². The molecule has 0 aromatic carbocycles. The monoisotopic (exact) mass is 572 g/mol. The van der Waals surface area contributed by atoms with Crippen molar-refractivity contribution < 1.29 is 4.74 Å². The minimum absolute atomic E-state index is 0.930. The Morgan fingerprint density at radius 2 is 1.20 bits per heavy atom. The molecule has 0 heterocycles. The number of allylic oxidation sites excluding steroid dienone is 1. The van der Waals surface area contributed by atoms with E-state index >= 15 is 0 Å². The number of unbranched alkanes of at least 4 members (excludes halogenated alkanes) is 6. The molecular formula is C22H45IOSn. The van der Waals surface area contributed by atoms with Crippen LogP contribution in [0, 0.1) is 0 Å². The van der Waals surface area contributed by atoms with Crippen molar-refractivity contribution >= 4 is 41.0 Å². The fourth-order valence-corrected chi connectivity index (χ4v) is 25.1. The second-order valence-electron chi connectivity index (χ2n) is 7.72. The van der Waals surface area contributed by atoms with Crippen molar-refractivity contribution in [3.63, 3.8) is 0 Å². The van der Waals surface area contributed by atoms with E-state index in [1.807, 2.05) is 10.7 Å². The Hall–Kier alpha value is 1.23. The normalized spacial score (nSPS) is 13.2. The molecule has 0 aliphatic heterocycles. The maximum absolute atomic E-state index is 5.79. The summed E-state index contributed by atoms with van der Waals surface area (Å²) in [4.78, 5) is 0. The zero-order valence-electron chi connectivity index (χ0n) is 17.9. The molecule has 0 spiro atoms. The summed E-state index contributed by atoms with van der Waals surface area (Å²) in [5, 5.41) is 0. The van der Waals surface area contributed by atoms with E-state index in [1.165, 1.54) is 70.6 Å². The summed E-state index contributed by atoms with van der Waals surface area (Å²) in [7, 11) is 1.91. The van der Waals surface area contributed by atoms with Crippen LogP contribution in [0.1, 0.15) is 98.3 Å². The standard InChI is InChI=1S/C10H18IO.3C4H9.Sn/c1-3-4-5-6-7-10(11)8-9-12-2;3*1-3-4-2;/h3-7,9H2,1-2H3;3*1,3-4H2,2H3;. The molecule has 0 fully saturated rings. The molecule has 150 valence electrons. The van der Waals surface area contributed by atoms with Gasteiger partial charge in [0.2, 0.25) is 0 Å². The van der Waals surface area contributed by atoms with Crippen molar-refractivity contribution in [1.82, 2.24) is 0 Å². The first-order valence-corrected chi connectivity index (χ1v) is 19.5. The molecule has 0 radical (unpaired) electrons. The van der Waals surface area contributed by atoms with Crippen molar-refractivity contribution in [2.45, 2.75) is 112 Å². The third kappa shape index (κ3) is 11.0. The Morgan fingerprint density at radius 3 is 1.60 bits per heavy atom. The van der Waals surface area contributed by atoms with Gasteiger partial charge >= 0.3 is 178 Å². The first kappa shape index (κ1) is 26.2. The molecule has 0 aliphatic carbocycles. The van der Waals surface area contributed by atoms with E-state index < -0.39 is 18.4 Å². The SMILES string of the molecule is CCCCCC/C(I)=[C](\COC)[Sn]([CH2]CCC)([CH2]CCC)[CH2]CCC. The van der Waals surface area contributed by atoms with E-state index in [2.05, 4.69) is 50.3 Å². The summed E-state index contributed by atoms with van der Waals surface area (Å²) in [6, 6.07) is 0. The van der Waals surface area contributed by atoms with Gasteiger partial charge in [0, 0.05) is 0 Å². The molecule has 1 nitrogen and oxygen atoms in total. The topological polar surface area (TPSA) is 9.23 Å². The van der Waals surface area contributed by atoms with E-state index in [0.29, 0.717) is 0 Å². The summed E-state index contributed by atoms with van der Waals surface area (Å²) in [5.74, 6) is 0. The molecule has 0 N–H and O–H groups in total. The summed E-state index contributed by atoms with van der Waals surface area (Å²) < 4.78 is 14.0. The fourth-order valence-electron chi connectivity index (χ4n) is 3.89. The molecule has 0 bridgehead atoms. The number of halogens is 1. The summed E-state index contributed by atoms with van der Waals surface area (Å²) >= 11 is 0.406. The molecule has 0 amide bonds. The van der Waals surface area contributed by atoms with Crippen molar-refractivity contribution in [2.75, 3.05) is 13.7 Å². The van der Waals surface area contributed by atoms with Gasteiger partial charge in [-0.3, -0.25) is 0 Å². The van der Waals surface area contributed by atoms with E-state index in [0.717, 1.165) is 6.61 Å². The van der Waals surface area contributed by atoms with Gasteiger partial charge in [0.15, 0.2) is 0 Å². The first-order chi connectivity index (χ1) is 12.1. The van der Waals surface area contributed by atoms with Crippen LogP contribution in [0.4, 0.5) is 0 Å². The molecule has 3 heteroatoms. The van der Waals surface area contributed by atoms with Gasteiger partial charge in [-0.05, 0) is 0 Å². The van der Waals surface area contributed by atoms with Gasteiger partial charge in [0.05, 0.1) is 0 Å². The Labute approximate surface area is 177 Å². The van der Waals surface area contributed by atoms with Crippen LogP contribution >= 0.6 is 22.6 Å². The van der Waals surface area contributed by atoms with Gasteiger partial charge in [-0.15, -0.1) is 0 Å². The van der Waals surface area contributed by atoms with Crippen LogP contribution in [0.15, 0.2) is 7.17 Å². The number of methoxy groups -OCH3 is 1. The molecular weight excluding hydrogens is 526 g/mol. The second kappa shape index (κ2) is 17.3. The van der Waals surface area contributed by atoms with E-state index in [-0.39, 0.29) is 0 Å². The molecule has 0 aromatic rings. The van der Waals surface area contributed by atoms with Gasteiger partial charge in [0.1, 0.15) is 0 Å². The van der Waals surface area contributed by atoms with Crippen LogP contribution in [-0.2, 0) is 4.74 Å². The molecule has 25 heavy (non-hydrogen) atoms. The number of hydrogen-bond acceptors (Lipinski definition) is 1. The van der Waals surface area contributed by atoms with Gasteiger partial charge in [-0.1, -0.05) is 0 Å². The fraction of sp³-hybridized carbons (Fsp3) is 0.909. The summed E-state index contributed by atoms with van der Waals surface area (Å²) in [6.45, 7) is 10.3. The van der Waals surface area contributed by atoms with Crippen molar-refractivity contribution in [1.29, 1.82) is 0 Å². The molecule has 0 saturated heterocycles. The van der Waals surface area contributed by atoms with Crippen LogP contribution in [-0.4, -0.2) is 32.1 Å². The van der Waals surface area contributed by atoms with Gasteiger partial charge in [-0.25, -0.2) is 0 Å². The zero-order valence-corrected chi connectivity index (χ0v) is 22.9. The van der Waals surface area contributed by atoms with Crippen LogP contribution in [0.2, 0.25) is 13.3 Å². The van der Waals surface area contributed by atoms with Crippen LogP contribution in [0.5, 0.6) is 0 Å². The number of hydrogen-bond donors (Lipinski definition) is 0. The Bertz CT molecular complexity index is 319. The van der Waals surface area contributed by atoms with Crippen LogP contribution < -0.4 is 0 Å². The number of rotatable bonds is 17. The predicted molar refractivity (Wildman–Crippen MR) is 127 cm³/mol. The molecule has 0 saturated carbocycles. The van der Waals surface area contributed by atoms with Crippen molar-refractivity contribution in [3.8, 4) is 0 Å². The van der Waals surface area contributed by atoms with E-state index in [4.69, 9.17) is 4.74 Å². The van der Waals surface area contributed by atoms with Crippen molar-refractivity contribution in [2.24, 2.45) is 0 Å². The zero-order chi connectivity index (χ0) is 19.0. The summed E-state index contributed by atoms with van der Waals surface area (Å²) in [5.41, 5.74) is 0.